The average molecular weight is 435 g/mol. The number of Topliss-reactive ketones (excluding diaryl/α,β-unsaturated/α-hetero) is 1. The van der Waals surface area contributed by atoms with Crippen LogP contribution < -0.4 is 0 Å². The third-order valence-corrected chi connectivity index (χ3v) is 9.21. The smallest absolute Gasteiger partial charge is 0.303 e. The molecule has 170 valence electrons. The molecule has 3 saturated carbocycles. The Morgan fingerprint density at radius 2 is 1.90 bits per heavy atom. The SMILES string of the molecule is C[C@H]1CC2C3CCC4=CC(=O)C=C[C@]4(C)C3(F)[C@@H](O)C[C@]2(C)[C@@]1(O)C(=O)CCC(=O)O. The van der Waals surface area contributed by atoms with Gasteiger partial charge in [0.15, 0.2) is 17.2 Å². The van der Waals surface area contributed by atoms with E-state index in [1.165, 1.54) is 12.2 Å². The number of carboxylic acid groups (broad SMARTS) is 1. The first kappa shape index (κ1) is 22.3. The number of rotatable bonds is 4. The van der Waals surface area contributed by atoms with Crippen LogP contribution in [0.15, 0.2) is 23.8 Å². The van der Waals surface area contributed by atoms with Crippen molar-refractivity contribution in [1.82, 2.24) is 0 Å². The molecule has 0 aliphatic heterocycles. The number of carbonyl (C=O) groups excluding carboxylic acids is 2. The highest BCUT2D eigenvalue weighted by Crippen LogP contribution is 2.70. The molecule has 0 heterocycles. The third kappa shape index (κ3) is 2.65. The average Bonchev–Trinajstić information content (AvgIpc) is 2.89. The zero-order chi connectivity index (χ0) is 23.0. The lowest BCUT2D eigenvalue weighted by molar-refractivity contribution is -0.219. The van der Waals surface area contributed by atoms with E-state index in [2.05, 4.69) is 0 Å². The fraction of sp³-hybridized carbons (Fsp3) is 0.708. The van der Waals surface area contributed by atoms with Gasteiger partial charge in [-0.2, -0.15) is 0 Å². The van der Waals surface area contributed by atoms with Gasteiger partial charge in [-0.25, -0.2) is 4.39 Å². The van der Waals surface area contributed by atoms with Crippen LogP contribution in [0, 0.1) is 28.6 Å². The number of allylic oxidation sites excluding steroid dienone is 4. The monoisotopic (exact) mass is 434 g/mol. The number of aliphatic hydroxyl groups excluding tert-OH is 1. The van der Waals surface area contributed by atoms with E-state index in [9.17, 15) is 24.6 Å². The van der Waals surface area contributed by atoms with Crippen molar-refractivity contribution in [3.63, 3.8) is 0 Å². The molecule has 7 heteroatoms. The van der Waals surface area contributed by atoms with Crippen molar-refractivity contribution >= 4 is 17.5 Å². The Morgan fingerprint density at radius 1 is 1.23 bits per heavy atom. The molecule has 0 spiro atoms. The highest BCUT2D eigenvalue weighted by molar-refractivity contribution is 6.01. The first-order valence-corrected chi connectivity index (χ1v) is 11.1. The van der Waals surface area contributed by atoms with Crippen molar-refractivity contribution in [2.24, 2.45) is 28.6 Å². The number of aliphatic hydroxyl groups is 2. The van der Waals surface area contributed by atoms with E-state index in [0.29, 0.717) is 24.8 Å². The van der Waals surface area contributed by atoms with E-state index >= 15 is 4.39 Å². The van der Waals surface area contributed by atoms with Crippen LogP contribution in [0.3, 0.4) is 0 Å². The molecule has 0 aromatic rings. The highest BCUT2D eigenvalue weighted by Gasteiger charge is 2.75. The van der Waals surface area contributed by atoms with Crippen LogP contribution in [-0.2, 0) is 14.4 Å². The fourth-order valence-corrected chi connectivity index (χ4v) is 7.55. The number of carbonyl (C=O) groups is 3. The zero-order valence-corrected chi connectivity index (χ0v) is 18.2. The van der Waals surface area contributed by atoms with Crippen molar-refractivity contribution in [2.75, 3.05) is 0 Å². The first-order chi connectivity index (χ1) is 14.3. The van der Waals surface area contributed by atoms with Crippen molar-refractivity contribution in [1.29, 1.82) is 0 Å². The Labute approximate surface area is 181 Å². The summed E-state index contributed by atoms with van der Waals surface area (Å²) in [6.07, 6.45) is 3.55. The lowest BCUT2D eigenvalue weighted by Gasteiger charge is -2.62. The molecule has 3 N–H and O–H groups in total. The van der Waals surface area contributed by atoms with E-state index in [1.54, 1.807) is 26.8 Å². The molecule has 6 nitrogen and oxygen atoms in total. The van der Waals surface area contributed by atoms with Crippen LogP contribution in [0.25, 0.3) is 0 Å². The molecule has 4 aliphatic carbocycles. The van der Waals surface area contributed by atoms with Gasteiger partial charge >= 0.3 is 5.97 Å². The molecular weight excluding hydrogens is 403 g/mol. The van der Waals surface area contributed by atoms with Crippen molar-refractivity contribution in [2.45, 2.75) is 76.7 Å². The van der Waals surface area contributed by atoms with E-state index in [4.69, 9.17) is 5.11 Å². The lowest BCUT2D eigenvalue weighted by Crippen LogP contribution is -2.69. The predicted molar refractivity (Wildman–Crippen MR) is 110 cm³/mol. The van der Waals surface area contributed by atoms with Crippen LogP contribution >= 0.6 is 0 Å². The molecule has 4 rings (SSSR count). The van der Waals surface area contributed by atoms with E-state index < -0.39 is 51.8 Å². The maximum atomic E-state index is 17.0. The molecular formula is C24H31FO6. The van der Waals surface area contributed by atoms with E-state index in [-0.39, 0.29) is 31.0 Å². The van der Waals surface area contributed by atoms with Gasteiger partial charge in [-0.05, 0) is 56.6 Å². The largest absolute Gasteiger partial charge is 0.481 e. The second-order valence-electron chi connectivity index (χ2n) is 10.5. The highest BCUT2D eigenvalue weighted by atomic mass is 19.1. The summed E-state index contributed by atoms with van der Waals surface area (Å²) in [5.41, 5.74) is -5.34. The summed E-state index contributed by atoms with van der Waals surface area (Å²) >= 11 is 0. The van der Waals surface area contributed by atoms with Gasteiger partial charge in [-0.3, -0.25) is 14.4 Å². The van der Waals surface area contributed by atoms with Gasteiger partial charge in [0, 0.05) is 23.2 Å². The van der Waals surface area contributed by atoms with Gasteiger partial charge in [-0.15, -0.1) is 0 Å². The summed E-state index contributed by atoms with van der Waals surface area (Å²) in [7, 11) is 0. The van der Waals surface area contributed by atoms with Crippen molar-refractivity contribution in [3.8, 4) is 0 Å². The van der Waals surface area contributed by atoms with Gasteiger partial charge in [0.1, 0.15) is 5.60 Å². The molecule has 0 amide bonds. The molecule has 0 saturated heterocycles. The molecule has 8 atom stereocenters. The maximum absolute atomic E-state index is 17.0. The summed E-state index contributed by atoms with van der Waals surface area (Å²) in [5.74, 6) is -3.26. The van der Waals surface area contributed by atoms with Crippen LogP contribution in [0.5, 0.6) is 0 Å². The normalized spacial score (nSPS) is 48.5. The number of ketones is 2. The van der Waals surface area contributed by atoms with Crippen molar-refractivity contribution in [3.05, 3.63) is 23.8 Å². The molecule has 0 bridgehead atoms. The standard InChI is InChI=1S/C24H31FO6/c1-13-10-17-16-5-4-14-11-15(26)8-9-21(14,2)23(16,25)19(28)12-22(17,3)24(13,31)18(27)6-7-20(29)30/h8-9,11,13,16-17,19,28,31H,4-7,10,12H2,1-3H3,(H,29,30)/t13-,16?,17?,19-,21-,22-,23?,24-/m0/s1. The van der Waals surface area contributed by atoms with Crippen LogP contribution in [0.1, 0.15) is 59.3 Å². The summed E-state index contributed by atoms with van der Waals surface area (Å²) in [4.78, 5) is 35.9. The summed E-state index contributed by atoms with van der Waals surface area (Å²) in [6, 6.07) is 0. The van der Waals surface area contributed by atoms with Gasteiger partial charge < -0.3 is 15.3 Å². The topological polar surface area (TPSA) is 112 Å². The number of hydrogen-bond acceptors (Lipinski definition) is 5. The fourth-order valence-electron chi connectivity index (χ4n) is 7.55. The minimum Gasteiger partial charge on any atom is -0.481 e. The van der Waals surface area contributed by atoms with Crippen molar-refractivity contribution < 1.29 is 34.1 Å². The molecule has 3 unspecified atom stereocenters. The number of hydrogen-bond donors (Lipinski definition) is 3. The van der Waals surface area contributed by atoms with Gasteiger partial charge in [0.25, 0.3) is 0 Å². The minimum absolute atomic E-state index is 0.102. The van der Waals surface area contributed by atoms with Crippen LogP contribution in [-0.4, -0.2) is 50.2 Å². The lowest BCUT2D eigenvalue weighted by atomic mass is 9.44. The minimum atomic E-state index is -2.02. The second kappa shape index (κ2) is 6.82. The molecule has 3 fully saturated rings. The molecule has 4 aliphatic rings. The zero-order valence-electron chi connectivity index (χ0n) is 18.2. The molecule has 0 radical (unpaired) electrons. The van der Waals surface area contributed by atoms with Gasteiger partial charge in [0.2, 0.25) is 0 Å². The molecule has 0 aromatic heterocycles. The first-order valence-electron chi connectivity index (χ1n) is 11.1. The van der Waals surface area contributed by atoms with Crippen LogP contribution in [0.2, 0.25) is 0 Å². The predicted octanol–water partition coefficient (Wildman–Crippen LogP) is 2.77. The maximum Gasteiger partial charge on any atom is 0.303 e. The van der Waals surface area contributed by atoms with E-state index in [1.807, 2.05) is 0 Å². The summed E-state index contributed by atoms with van der Waals surface area (Å²) in [5, 5.41) is 31.9. The Hall–Kier alpha value is -1.86. The third-order valence-electron chi connectivity index (χ3n) is 9.21. The molecule has 0 aromatic carbocycles. The summed E-state index contributed by atoms with van der Waals surface area (Å²) in [6.45, 7) is 5.22. The number of aliphatic carboxylic acids is 1. The Morgan fingerprint density at radius 3 is 2.55 bits per heavy atom. The number of carboxylic acids is 1. The summed E-state index contributed by atoms with van der Waals surface area (Å²) < 4.78 is 17.0. The number of fused-ring (bicyclic) bond motifs is 5. The van der Waals surface area contributed by atoms with E-state index in [0.717, 1.165) is 0 Å². The second-order valence-corrected chi connectivity index (χ2v) is 10.5. The quantitative estimate of drug-likeness (QED) is 0.627. The van der Waals surface area contributed by atoms with Crippen LogP contribution in [0.4, 0.5) is 4.39 Å². The Kier molecular flexibility index (Phi) is 4.91. The van der Waals surface area contributed by atoms with Gasteiger partial charge in [0.05, 0.1) is 12.5 Å². The van der Waals surface area contributed by atoms with Gasteiger partial charge in [-0.1, -0.05) is 25.5 Å². The Bertz CT molecular complexity index is 910. The number of halogens is 1. The molecule has 31 heavy (non-hydrogen) atoms. The number of alkyl halides is 1. The Balaban J connectivity index is 1.76.